The maximum atomic E-state index is 11.3. The van der Waals surface area contributed by atoms with Gasteiger partial charge in [0.1, 0.15) is 0 Å². The number of thioether (sulfide) groups is 1. The summed E-state index contributed by atoms with van der Waals surface area (Å²) in [7, 11) is 0. The molecule has 1 amide bonds. The Hall–Kier alpha value is -0.560. The molecule has 0 spiro atoms. The fourth-order valence-electron chi connectivity index (χ4n) is 1.66. The van der Waals surface area contributed by atoms with Gasteiger partial charge in [-0.25, -0.2) is 0 Å². The van der Waals surface area contributed by atoms with Crippen LogP contribution in [0.3, 0.4) is 0 Å². The van der Waals surface area contributed by atoms with Crippen molar-refractivity contribution in [1.29, 1.82) is 0 Å². The third-order valence-electron chi connectivity index (χ3n) is 2.84. The molecule has 0 fully saturated rings. The van der Waals surface area contributed by atoms with Crippen LogP contribution in [-0.2, 0) is 4.79 Å². The summed E-state index contributed by atoms with van der Waals surface area (Å²) in [5.41, 5.74) is 0.945. The Labute approximate surface area is 115 Å². The number of hydrogen-bond donors (Lipinski definition) is 3. The zero-order valence-corrected chi connectivity index (χ0v) is 12.2. The number of fused-ring (bicyclic) bond motifs is 1. The van der Waals surface area contributed by atoms with Crippen LogP contribution in [0, 0.1) is 5.92 Å². The molecule has 2 heterocycles. The van der Waals surface area contributed by atoms with Crippen LogP contribution in [0.4, 0.5) is 5.69 Å². The molecule has 1 aromatic rings. The summed E-state index contributed by atoms with van der Waals surface area (Å²) in [6.45, 7) is 5.11. The lowest BCUT2D eigenvalue weighted by molar-refractivity contribution is -0.113. The van der Waals surface area contributed by atoms with Gasteiger partial charge in [0.2, 0.25) is 5.91 Å². The van der Waals surface area contributed by atoms with Crippen molar-refractivity contribution in [1.82, 2.24) is 5.32 Å². The van der Waals surface area contributed by atoms with Gasteiger partial charge in [0.25, 0.3) is 0 Å². The summed E-state index contributed by atoms with van der Waals surface area (Å²) in [5, 5.41) is 15.3. The van der Waals surface area contributed by atoms with E-state index < -0.39 is 0 Å². The van der Waals surface area contributed by atoms with Gasteiger partial charge in [0, 0.05) is 24.1 Å². The molecule has 100 valence electrons. The van der Waals surface area contributed by atoms with Gasteiger partial charge in [-0.1, -0.05) is 6.92 Å². The van der Waals surface area contributed by atoms with E-state index in [9.17, 15) is 4.79 Å². The quantitative estimate of drug-likeness (QED) is 0.775. The van der Waals surface area contributed by atoms with Crippen molar-refractivity contribution >= 4 is 34.7 Å². The number of hydrogen-bond acceptors (Lipinski definition) is 5. The Kier molecular flexibility index (Phi) is 4.66. The minimum absolute atomic E-state index is 0.0753. The molecule has 3 N–H and O–H groups in total. The van der Waals surface area contributed by atoms with Crippen LogP contribution >= 0.6 is 23.1 Å². The minimum atomic E-state index is 0.0753. The molecule has 2 atom stereocenters. The second-order valence-electron chi connectivity index (χ2n) is 4.60. The predicted molar refractivity (Wildman–Crippen MR) is 76.3 cm³/mol. The van der Waals surface area contributed by atoms with Gasteiger partial charge in [-0.15, -0.1) is 23.1 Å². The number of nitrogens with one attached hydrogen (secondary N) is 2. The number of aliphatic hydroxyl groups is 1. The van der Waals surface area contributed by atoms with E-state index >= 15 is 0 Å². The molecule has 0 radical (unpaired) electrons. The average molecular weight is 286 g/mol. The van der Waals surface area contributed by atoms with Crippen LogP contribution in [-0.4, -0.2) is 29.9 Å². The molecule has 6 heteroatoms. The van der Waals surface area contributed by atoms with Gasteiger partial charge < -0.3 is 15.7 Å². The van der Waals surface area contributed by atoms with E-state index in [4.69, 9.17) is 5.11 Å². The smallest absolute Gasteiger partial charge is 0.234 e. The van der Waals surface area contributed by atoms with Gasteiger partial charge in [-0.3, -0.25) is 4.79 Å². The lowest BCUT2D eigenvalue weighted by Gasteiger charge is -2.14. The summed E-state index contributed by atoms with van der Waals surface area (Å²) in [5.74, 6) is 0.846. The summed E-state index contributed by atoms with van der Waals surface area (Å²) in [4.78, 5) is 12.5. The number of aliphatic hydroxyl groups excluding tert-OH is 1. The van der Waals surface area contributed by atoms with Crippen LogP contribution in [0.5, 0.6) is 0 Å². The predicted octanol–water partition coefficient (Wildman–Crippen LogP) is 2.07. The van der Waals surface area contributed by atoms with E-state index in [1.54, 1.807) is 23.1 Å². The molecule has 0 aliphatic carbocycles. The highest BCUT2D eigenvalue weighted by molar-refractivity contribution is 8.02. The highest BCUT2D eigenvalue weighted by atomic mass is 32.2. The van der Waals surface area contributed by atoms with Crippen LogP contribution in [0.1, 0.15) is 24.8 Å². The monoisotopic (exact) mass is 286 g/mol. The molecule has 0 aromatic carbocycles. The third-order valence-corrected chi connectivity index (χ3v) is 5.44. The molecular weight excluding hydrogens is 268 g/mol. The van der Waals surface area contributed by atoms with Crippen molar-refractivity contribution in [2.45, 2.75) is 24.1 Å². The van der Waals surface area contributed by atoms with Gasteiger partial charge in [0.05, 0.1) is 15.6 Å². The Morgan fingerprint density at radius 1 is 1.56 bits per heavy atom. The molecule has 1 aliphatic rings. The second-order valence-corrected chi connectivity index (χ2v) is 6.93. The average Bonchev–Trinajstić information content (AvgIpc) is 2.78. The standard InChI is InChI=1S/C12H18N2O2S2/c1-7(5-15)4-13-8(2)10-3-9-12(18-10)17-6-11(16)14-9/h3,7-8,13,15H,4-6H2,1-2H3,(H,14,16). The summed E-state index contributed by atoms with van der Waals surface area (Å²) < 4.78 is 1.19. The Balaban J connectivity index is 1.99. The number of amides is 1. The zero-order chi connectivity index (χ0) is 13.1. The Morgan fingerprint density at radius 3 is 3.06 bits per heavy atom. The first-order valence-electron chi connectivity index (χ1n) is 6.00. The highest BCUT2D eigenvalue weighted by Gasteiger charge is 2.20. The van der Waals surface area contributed by atoms with Crippen molar-refractivity contribution in [2.24, 2.45) is 5.92 Å². The van der Waals surface area contributed by atoms with Crippen LogP contribution < -0.4 is 10.6 Å². The lowest BCUT2D eigenvalue weighted by Crippen LogP contribution is -2.25. The van der Waals surface area contributed by atoms with Crippen molar-refractivity contribution < 1.29 is 9.90 Å². The fraction of sp³-hybridized carbons (Fsp3) is 0.583. The summed E-state index contributed by atoms with van der Waals surface area (Å²) >= 11 is 3.33. The molecular formula is C12H18N2O2S2. The molecule has 1 aliphatic heterocycles. The van der Waals surface area contributed by atoms with Crippen molar-refractivity contribution in [3.63, 3.8) is 0 Å². The first-order valence-corrected chi connectivity index (χ1v) is 7.81. The molecule has 18 heavy (non-hydrogen) atoms. The molecule has 2 unspecified atom stereocenters. The van der Waals surface area contributed by atoms with E-state index in [0.717, 1.165) is 12.2 Å². The molecule has 1 aromatic heterocycles. The Morgan fingerprint density at radius 2 is 2.33 bits per heavy atom. The summed E-state index contributed by atoms with van der Waals surface area (Å²) in [6.07, 6.45) is 0. The SMILES string of the molecule is CC(CO)CNC(C)c1cc2c(s1)SCC(=O)N2. The van der Waals surface area contributed by atoms with Crippen LogP contribution in [0.2, 0.25) is 0 Å². The number of anilines is 1. The van der Waals surface area contributed by atoms with Gasteiger partial charge in [0.15, 0.2) is 0 Å². The number of rotatable bonds is 5. The van der Waals surface area contributed by atoms with Crippen LogP contribution in [0.15, 0.2) is 10.3 Å². The number of thiophene rings is 1. The van der Waals surface area contributed by atoms with E-state index in [1.807, 2.05) is 13.0 Å². The molecule has 4 nitrogen and oxygen atoms in total. The lowest BCUT2D eigenvalue weighted by atomic mass is 10.2. The van der Waals surface area contributed by atoms with Gasteiger partial charge in [-0.2, -0.15) is 0 Å². The van der Waals surface area contributed by atoms with Crippen molar-refractivity contribution in [3.8, 4) is 0 Å². The van der Waals surface area contributed by atoms with Crippen molar-refractivity contribution in [3.05, 3.63) is 10.9 Å². The maximum Gasteiger partial charge on any atom is 0.234 e. The fourth-order valence-corrected chi connectivity index (χ4v) is 3.83. The largest absolute Gasteiger partial charge is 0.396 e. The minimum Gasteiger partial charge on any atom is -0.396 e. The molecule has 0 saturated carbocycles. The van der Waals surface area contributed by atoms with Gasteiger partial charge in [-0.05, 0) is 18.9 Å². The molecule has 0 saturated heterocycles. The summed E-state index contributed by atoms with van der Waals surface area (Å²) in [6, 6.07) is 2.29. The first-order chi connectivity index (χ1) is 8.60. The zero-order valence-electron chi connectivity index (χ0n) is 10.5. The maximum absolute atomic E-state index is 11.3. The van der Waals surface area contributed by atoms with Crippen LogP contribution in [0.25, 0.3) is 0 Å². The van der Waals surface area contributed by atoms with Gasteiger partial charge >= 0.3 is 0 Å². The van der Waals surface area contributed by atoms with E-state index in [-0.39, 0.29) is 24.5 Å². The van der Waals surface area contributed by atoms with E-state index in [2.05, 4.69) is 17.6 Å². The van der Waals surface area contributed by atoms with E-state index in [0.29, 0.717) is 5.75 Å². The molecule has 0 bridgehead atoms. The molecule has 2 rings (SSSR count). The highest BCUT2D eigenvalue weighted by Crippen LogP contribution is 2.40. The normalized spacial score (nSPS) is 18.1. The van der Waals surface area contributed by atoms with Crippen molar-refractivity contribution in [2.75, 3.05) is 24.2 Å². The number of carbonyl (C=O) groups excluding carboxylic acids is 1. The topological polar surface area (TPSA) is 61.4 Å². The third kappa shape index (κ3) is 3.26. The number of carbonyl (C=O) groups is 1. The Bertz CT molecular complexity index is 434. The second kappa shape index (κ2) is 6.06. The van der Waals surface area contributed by atoms with E-state index in [1.165, 1.54) is 9.09 Å². The first kappa shape index (κ1) is 13.9.